The number of anilines is 1. The number of rotatable bonds is 3. The van der Waals surface area contributed by atoms with Crippen molar-refractivity contribution in [3.05, 3.63) is 11.6 Å². The quantitative estimate of drug-likeness (QED) is 0.741. The Bertz CT molecular complexity index is 357. The fourth-order valence-corrected chi connectivity index (χ4v) is 2.37. The number of thiazole rings is 1. The Balaban J connectivity index is 2.98. The molecule has 0 unspecified atom stereocenters. The predicted octanol–water partition coefficient (Wildman–Crippen LogP) is 0.386. The van der Waals surface area contributed by atoms with Gasteiger partial charge in [-0.05, 0) is 0 Å². The Morgan fingerprint density at radius 2 is 2.00 bits per heavy atom. The van der Waals surface area contributed by atoms with Gasteiger partial charge in [-0.25, -0.2) is 9.29 Å². The summed E-state index contributed by atoms with van der Waals surface area (Å²) in [5.41, 5.74) is 0. The van der Waals surface area contributed by atoms with Crippen molar-refractivity contribution in [2.75, 3.05) is 25.4 Å². The van der Waals surface area contributed by atoms with Crippen molar-refractivity contribution >= 4 is 26.7 Å². The van der Waals surface area contributed by atoms with Crippen molar-refractivity contribution in [3.63, 3.8) is 0 Å². The van der Waals surface area contributed by atoms with Crippen molar-refractivity contribution in [3.8, 4) is 0 Å². The van der Waals surface area contributed by atoms with Crippen LogP contribution >= 0.6 is 11.3 Å². The first-order valence-corrected chi connectivity index (χ1v) is 5.80. The molecule has 0 fully saturated rings. The average Bonchev–Trinajstić information content (AvgIpc) is 2.54. The minimum Gasteiger partial charge on any atom is -0.235 e. The smallest absolute Gasteiger partial charge is 0.235 e. The molecule has 1 rings (SSSR count). The Labute approximate surface area is 81.8 Å². The van der Waals surface area contributed by atoms with Crippen molar-refractivity contribution in [2.45, 2.75) is 0 Å². The zero-order chi connectivity index (χ0) is 10.1. The highest BCUT2D eigenvalue weighted by Gasteiger charge is 2.22. The molecule has 0 bridgehead atoms. The van der Waals surface area contributed by atoms with Gasteiger partial charge in [-0.15, -0.1) is 11.3 Å². The zero-order valence-electron chi connectivity index (χ0n) is 7.63. The van der Waals surface area contributed by atoms with E-state index in [0.29, 0.717) is 5.13 Å². The zero-order valence-corrected chi connectivity index (χ0v) is 9.26. The van der Waals surface area contributed by atoms with E-state index in [-0.39, 0.29) is 0 Å². The number of aromatic nitrogens is 1. The van der Waals surface area contributed by atoms with E-state index in [9.17, 15) is 8.42 Å². The van der Waals surface area contributed by atoms with E-state index in [4.69, 9.17) is 0 Å². The van der Waals surface area contributed by atoms with Gasteiger partial charge in [-0.2, -0.15) is 12.7 Å². The number of hydrogen-bond donors (Lipinski definition) is 0. The molecule has 0 saturated carbocycles. The molecule has 0 aromatic carbocycles. The molecule has 0 saturated heterocycles. The van der Waals surface area contributed by atoms with Crippen molar-refractivity contribution in [1.29, 1.82) is 0 Å². The van der Waals surface area contributed by atoms with Crippen LogP contribution in [0, 0.1) is 0 Å². The second kappa shape index (κ2) is 3.60. The second-order valence-electron chi connectivity index (χ2n) is 2.57. The summed E-state index contributed by atoms with van der Waals surface area (Å²) >= 11 is 1.28. The highest BCUT2D eigenvalue weighted by molar-refractivity contribution is 7.90. The van der Waals surface area contributed by atoms with Gasteiger partial charge in [0.25, 0.3) is 0 Å². The Kier molecular flexibility index (Phi) is 2.89. The van der Waals surface area contributed by atoms with Crippen LogP contribution in [0.4, 0.5) is 5.13 Å². The van der Waals surface area contributed by atoms with Crippen LogP contribution in [-0.4, -0.2) is 38.9 Å². The molecule has 0 aliphatic heterocycles. The van der Waals surface area contributed by atoms with E-state index in [0.717, 1.165) is 8.61 Å². The van der Waals surface area contributed by atoms with Crippen molar-refractivity contribution < 1.29 is 8.42 Å². The number of hydrogen-bond acceptors (Lipinski definition) is 4. The largest absolute Gasteiger partial charge is 0.305 e. The third-order valence-electron chi connectivity index (χ3n) is 1.50. The molecule has 0 spiro atoms. The second-order valence-corrected chi connectivity index (χ2v) is 5.62. The van der Waals surface area contributed by atoms with Crippen LogP contribution in [0.1, 0.15) is 0 Å². The Morgan fingerprint density at radius 3 is 2.38 bits per heavy atom. The fourth-order valence-electron chi connectivity index (χ4n) is 0.715. The molecule has 13 heavy (non-hydrogen) atoms. The molecule has 0 atom stereocenters. The van der Waals surface area contributed by atoms with Gasteiger partial charge in [0.15, 0.2) is 5.13 Å². The molecule has 0 amide bonds. The van der Waals surface area contributed by atoms with Crippen LogP contribution in [-0.2, 0) is 10.2 Å². The first-order valence-electron chi connectivity index (χ1n) is 3.52. The normalized spacial score (nSPS) is 12.0. The maximum atomic E-state index is 11.5. The number of nitrogens with zero attached hydrogens (tertiary/aromatic N) is 3. The summed E-state index contributed by atoms with van der Waals surface area (Å²) in [6.45, 7) is 0. The summed E-state index contributed by atoms with van der Waals surface area (Å²) in [5, 5.41) is 2.20. The summed E-state index contributed by atoms with van der Waals surface area (Å²) in [7, 11) is 1.07. The molecule has 74 valence electrons. The third-order valence-corrected chi connectivity index (χ3v) is 4.25. The van der Waals surface area contributed by atoms with Gasteiger partial charge >= 0.3 is 10.2 Å². The van der Waals surface area contributed by atoms with Gasteiger partial charge in [0.1, 0.15) is 0 Å². The van der Waals surface area contributed by atoms with Crippen LogP contribution < -0.4 is 4.31 Å². The summed E-state index contributed by atoms with van der Waals surface area (Å²) in [6.07, 6.45) is 1.57. The monoisotopic (exact) mass is 221 g/mol. The fraction of sp³-hybridized carbons (Fsp3) is 0.500. The van der Waals surface area contributed by atoms with Crippen LogP contribution in [0.25, 0.3) is 0 Å². The lowest BCUT2D eigenvalue weighted by Crippen LogP contribution is -2.37. The SMILES string of the molecule is CN(C)S(=O)(=O)N(C)c1nccs1. The van der Waals surface area contributed by atoms with E-state index in [1.807, 2.05) is 0 Å². The lowest BCUT2D eigenvalue weighted by molar-refractivity contribution is 0.519. The minimum atomic E-state index is -3.39. The van der Waals surface area contributed by atoms with Gasteiger partial charge in [0, 0.05) is 32.7 Å². The molecule has 1 heterocycles. The average molecular weight is 221 g/mol. The van der Waals surface area contributed by atoms with Crippen molar-refractivity contribution in [2.24, 2.45) is 0 Å². The van der Waals surface area contributed by atoms with Gasteiger partial charge in [0.2, 0.25) is 0 Å². The van der Waals surface area contributed by atoms with E-state index < -0.39 is 10.2 Å². The van der Waals surface area contributed by atoms with E-state index >= 15 is 0 Å². The lowest BCUT2D eigenvalue weighted by atomic mass is 11.0. The molecular weight excluding hydrogens is 210 g/mol. The standard InChI is InChI=1S/C6H11N3O2S2/c1-8(2)13(10,11)9(3)6-7-4-5-12-6/h4-5H,1-3H3. The van der Waals surface area contributed by atoms with Gasteiger partial charge in [-0.3, -0.25) is 0 Å². The molecule has 1 aromatic heterocycles. The molecule has 7 heteroatoms. The molecule has 0 radical (unpaired) electrons. The minimum absolute atomic E-state index is 0.466. The maximum Gasteiger partial charge on any atom is 0.305 e. The van der Waals surface area contributed by atoms with Gasteiger partial charge in [-0.1, -0.05) is 0 Å². The predicted molar refractivity (Wildman–Crippen MR) is 53.1 cm³/mol. The van der Waals surface area contributed by atoms with Gasteiger partial charge < -0.3 is 0 Å². The van der Waals surface area contributed by atoms with Gasteiger partial charge in [0.05, 0.1) is 0 Å². The molecule has 0 aliphatic carbocycles. The highest BCUT2D eigenvalue weighted by atomic mass is 32.2. The lowest BCUT2D eigenvalue weighted by Gasteiger charge is -2.20. The summed E-state index contributed by atoms with van der Waals surface area (Å²) < 4.78 is 25.4. The highest BCUT2D eigenvalue weighted by Crippen LogP contribution is 2.19. The first kappa shape index (κ1) is 10.4. The van der Waals surface area contributed by atoms with Crippen LogP contribution in [0.3, 0.4) is 0 Å². The van der Waals surface area contributed by atoms with E-state index in [1.54, 1.807) is 11.6 Å². The Morgan fingerprint density at radius 1 is 1.38 bits per heavy atom. The molecule has 5 nitrogen and oxygen atoms in total. The van der Waals surface area contributed by atoms with Crippen molar-refractivity contribution in [1.82, 2.24) is 9.29 Å². The van der Waals surface area contributed by atoms with Crippen LogP contribution in [0.5, 0.6) is 0 Å². The molecule has 0 aliphatic rings. The molecule has 0 N–H and O–H groups in total. The summed E-state index contributed by atoms with van der Waals surface area (Å²) in [4.78, 5) is 3.90. The maximum absolute atomic E-state index is 11.5. The van der Waals surface area contributed by atoms with E-state index in [1.165, 1.54) is 32.5 Å². The molecular formula is C6H11N3O2S2. The van der Waals surface area contributed by atoms with Crippen LogP contribution in [0.15, 0.2) is 11.6 Å². The topological polar surface area (TPSA) is 53.5 Å². The van der Waals surface area contributed by atoms with E-state index in [2.05, 4.69) is 4.98 Å². The Hall–Kier alpha value is -0.660. The summed E-state index contributed by atoms with van der Waals surface area (Å²) in [5.74, 6) is 0. The van der Waals surface area contributed by atoms with Crippen LogP contribution in [0.2, 0.25) is 0 Å². The third kappa shape index (κ3) is 1.98. The molecule has 1 aromatic rings. The first-order chi connectivity index (χ1) is 5.96. The summed E-state index contributed by atoms with van der Waals surface area (Å²) in [6, 6.07) is 0.